The monoisotopic (exact) mass is 662 g/mol. The SMILES string of the molecule is C1=CC(N2c3ccccc3C3CCC=C(c4ccccc4C4=C(NC5=C6Oc7ccccc7C6C(c6ccccc6)C=C5)CCC=C4)C32)=CCC1. The number of allylic oxidation sites excluding steroid dienone is 11. The van der Waals surface area contributed by atoms with Crippen molar-refractivity contribution in [3.05, 3.63) is 202 Å². The molecule has 0 saturated carbocycles. The average molecular weight is 663 g/mol. The topological polar surface area (TPSA) is 24.5 Å². The van der Waals surface area contributed by atoms with Crippen LogP contribution in [0.4, 0.5) is 5.69 Å². The van der Waals surface area contributed by atoms with Crippen LogP contribution in [0.3, 0.4) is 0 Å². The van der Waals surface area contributed by atoms with Gasteiger partial charge in [-0.1, -0.05) is 127 Å². The zero-order chi connectivity index (χ0) is 33.7. The molecular formula is C48H42N2O. The molecule has 4 aliphatic carbocycles. The van der Waals surface area contributed by atoms with Gasteiger partial charge in [0, 0.05) is 40.1 Å². The van der Waals surface area contributed by atoms with Crippen LogP contribution in [0.1, 0.15) is 84.1 Å². The fourth-order valence-electron chi connectivity index (χ4n) is 9.46. The third-order valence-corrected chi connectivity index (χ3v) is 11.7. The van der Waals surface area contributed by atoms with Gasteiger partial charge in [-0.05, 0) is 90.6 Å². The Labute approximate surface area is 301 Å². The number of para-hydroxylation sites is 2. The van der Waals surface area contributed by atoms with Crippen molar-refractivity contribution in [2.75, 3.05) is 4.90 Å². The predicted octanol–water partition coefficient (Wildman–Crippen LogP) is 11.5. The Morgan fingerprint density at radius 2 is 1.45 bits per heavy atom. The van der Waals surface area contributed by atoms with Gasteiger partial charge < -0.3 is 15.0 Å². The second kappa shape index (κ2) is 12.7. The van der Waals surface area contributed by atoms with Crippen LogP contribution in [0.15, 0.2) is 175 Å². The van der Waals surface area contributed by atoms with Gasteiger partial charge in [-0.2, -0.15) is 0 Å². The summed E-state index contributed by atoms with van der Waals surface area (Å²) in [6.45, 7) is 0. The number of anilines is 1. The second-order valence-corrected chi connectivity index (χ2v) is 14.5. The van der Waals surface area contributed by atoms with Gasteiger partial charge in [0.2, 0.25) is 0 Å². The summed E-state index contributed by atoms with van der Waals surface area (Å²) in [7, 11) is 0. The minimum atomic E-state index is 0.133. The van der Waals surface area contributed by atoms with Gasteiger partial charge in [-0.25, -0.2) is 0 Å². The molecule has 2 heterocycles. The highest BCUT2D eigenvalue weighted by Gasteiger charge is 2.44. The van der Waals surface area contributed by atoms with Crippen LogP contribution in [0.2, 0.25) is 0 Å². The molecule has 0 fully saturated rings. The first-order valence-corrected chi connectivity index (χ1v) is 18.8. The fourth-order valence-corrected chi connectivity index (χ4v) is 9.46. The number of nitrogens with one attached hydrogen (secondary N) is 1. The Morgan fingerprint density at radius 1 is 0.667 bits per heavy atom. The van der Waals surface area contributed by atoms with Crippen LogP contribution < -0.4 is 15.0 Å². The van der Waals surface area contributed by atoms with Crippen molar-refractivity contribution in [3.63, 3.8) is 0 Å². The summed E-state index contributed by atoms with van der Waals surface area (Å²) >= 11 is 0. The number of hydrogen-bond acceptors (Lipinski definition) is 3. The highest BCUT2D eigenvalue weighted by molar-refractivity contribution is 5.90. The van der Waals surface area contributed by atoms with E-state index in [9.17, 15) is 0 Å². The Morgan fingerprint density at radius 3 is 2.33 bits per heavy atom. The van der Waals surface area contributed by atoms with E-state index in [0.717, 1.165) is 49.3 Å². The number of fused-ring (bicyclic) bond motifs is 6. The summed E-state index contributed by atoms with van der Waals surface area (Å²) in [4.78, 5) is 2.65. The Kier molecular flexibility index (Phi) is 7.52. The van der Waals surface area contributed by atoms with Gasteiger partial charge in [0.15, 0.2) is 0 Å². The van der Waals surface area contributed by atoms with Gasteiger partial charge >= 0.3 is 0 Å². The zero-order valence-corrected chi connectivity index (χ0v) is 28.8. The van der Waals surface area contributed by atoms with E-state index in [0.29, 0.717) is 5.92 Å². The predicted molar refractivity (Wildman–Crippen MR) is 209 cm³/mol. The van der Waals surface area contributed by atoms with Crippen LogP contribution in [0.5, 0.6) is 5.75 Å². The number of hydrogen-bond donors (Lipinski definition) is 1. The van der Waals surface area contributed by atoms with Crippen molar-refractivity contribution in [1.82, 2.24) is 5.32 Å². The van der Waals surface area contributed by atoms with E-state index in [1.165, 1.54) is 62.5 Å². The summed E-state index contributed by atoms with van der Waals surface area (Å²) in [5.41, 5.74) is 14.5. The molecule has 6 aliphatic rings. The van der Waals surface area contributed by atoms with Crippen molar-refractivity contribution < 1.29 is 4.74 Å². The highest BCUT2D eigenvalue weighted by Crippen LogP contribution is 2.54. The first-order valence-electron chi connectivity index (χ1n) is 18.8. The summed E-state index contributed by atoms with van der Waals surface area (Å²) in [5, 5.41) is 3.98. The average Bonchev–Trinajstić information content (AvgIpc) is 3.76. The zero-order valence-electron chi connectivity index (χ0n) is 28.8. The first-order chi connectivity index (χ1) is 25.3. The number of benzene rings is 4. The lowest BCUT2D eigenvalue weighted by Crippen LogP contribution is -2.36. The Hall–Kier alpha value is -5.54. The molecule has 10 rings (SSSR count). The molecule has 0 radical (unpaired) electrons. The van der Waals surface area contributed by atoms with Gasteiger partial charge in [0.05, 0.1) is 17.7 Å². The smallest absolute Gasteiger partial charge is 0.136 e. The van der Waals surface area contributed by atoms with E-state index in [2.05, 4.69) is 162 Å². The van der Waals surface area contributed by atoms with Crippen LogP contribution >= 0.6 is 0 Å². The molecule has 4 aromatic rings. The summed E-state index contributed by atoms with van der Waals surface area (Å²) in [5.74, 6) is 2.80. The molecule has 4 unspecified atom stereocenters. The van der Waals surface area contributed by atoms with E-state index in [1.54, 1.807) is 0 Å². The van der Waals surface area contributed by atoms with Gasteiger partial charge in [0.25, 0.3) is 0 Å². The van der Waals surface area contributed by atoms with E-state index in [-0.39, 0.29) is 17.9 Å². The van der Waals surface area contributed by atoms with E-state index in [1.807, 2.05) is 0 Å². The first kappa shape index (κ1) is 30.3. The van der Waals surface area contributed by atoms with Gasteiger partial charge in [-0.15, -0.1) is 0 Å². The largest absolute Gasteiger partial charge is 0.459 e. The second-order valence-electron chi connectivity index (χ2n) is 14.5. The molecule has 0 spiro atoms. The maximum Gasteiger partial charge on any atom is 0.136 e. The van der Waals surface area contributed by atoms with Crippen LogP contribution in [0, 0.1) is 0 Å². The van der Waals surface area contributed by atoms with Crippen molar-refractivity contribution in [3.8, 4) is 5.75 Å². The number of ether oxygens (including phenoxy) is 1. The number of rotatable bonds is 6. The molecule has 3 heteroatoms. The van der Waals surface area contributed by atoms with Crippen molar-refractivity contribution in [2.45, 2.75) is 62.3 Å². The lowest BCUT2D eigenvalue weighted by Gasteiger charge is -2.37. The van der Waals surface area contributed by atoms with E-state index >= 15 is 0 Å². The van der Waals surface area contributed by atoms with Gasteiger partial charge in [-0.3, -0.25) is 0 Å². The maximum atomic E-state index is 6.72. The van der Waals surface area contributed by atoms with E-state index in [4.69, 9.17) is 4.74 Å². The molecule has 1 N–H and O–H groups in total. The number of nitrogens with zero attached hydrogens (tertiary/aromatic N) is 1. The van der Waals surface area contributed by atoms with E-state index < -0.39 is 0 Å². The third-order valence-electron chi connectivity index (χ3n) is 11.7. The third kappa shape index (κ3) is 5.09. The molecule has 51 heavy (non-hydrogen) atoms. The van der Waals surface area contributed by atoms with Gasteiger partial charge in [0.1, 0.15) is 11.5 Å². The van der Waals surface area contributed by atoms with Crippen LogP contribution in [-0.2, 0) is 0 Å². The lowest BCUT2D eigenvalue weighted by atomic mass is 9.77. The molecule has 0 saturated heterocycles. The molecule has 0 amide bonds. The molecule has 4 atom stereocenters. The quantitative estimate of drug-likeness (QED) is 0.222. The molecular weight excluding hydrogens is 621 g/mol. The van der Waals surface area contributed by atoms with Crippen LogP contribution in [-0.4, -0.2) is 6.04 Å². The molecule has 3 nitrogen and oxygen atoms in total. The summed E-state index contributed by atoms with van der Waals surface area (Å²) in [6, 6.07) is 37.9. The standard InChI is InChI=1S/C48H42N2O/c1-3-16-32(17-4-1)34-30-31-43(48-46(34)41-24-11-14-29-45(41)51-48)49-42-27-12-9-22-37(42)35-20-7-8-21-36(35)39-25-15-26-40-38-23-10-13-28-44(38)50(47(39)40)33-18-5-2-6-19-33/h1,3-5,7-11,13-14,16-25,28-31,34,40,46-47,49H,2,6,12,15,26-27H2. The van der Waals surface area contributed by atoms with Crippen LogP contribution in [0.25, 0.3) is 11.1 Å². The van der Waals surface area contributed by atoms with Crippen molar-refractivity contribution in [1.29, 1.82) is 0 Å². The lowest BCUT2D eigenvalue weighted by molar-refractivity contribution is 0.406. The molecule has 250 valence electrons. The minimum absolute atomic E-state index is 0.133. The Bertz CT molecular complexity index is 2250. The molecule has 2 aliphatic heterocycles. The molecule has 4 aromatic carbocycles. The van der Waals surface area contributed by atoms with Crippen molar-refractivity contribution >= 4 is 16.8 Å². The highest BCUT2D eigenvalue weighted by atomic mass is 16.5. The summed E-state index contributed by atoms with van der Waals surface area (Å²) in [6.07, 6.45) is 25.4. The van der Waals surface area contributed by atoms with Crippen molar-refractivity contribution in [2.24, 2.45) is 0 Å². The minimum Gasteiger partial charge on any atom is -0.459 e. The fraction of sp³-hybridized carbons (Fsp3) is 0.208. The summed E-state index contributed by atoms with van der Waals surface area (Å²) < 4.78 is 6.72. The normalized spacial score (nSPS) is 24.4. The Balaban J connectivity index is 1.06. The molecule has 0 aromatic heterocycles. The molecule has 0 bridgehead atoms. The maximum absolute atomic E-state index is 6.72.